The van der Waals surface area contributed by atoms with Crippen molar-refractivity contribution in [3.8, 4) is 0 Å². The van der Waals surface area contributed by atoms with Crippen molar-refractivity contribution in [3.63, 3.8) is 0 Å². The molecule has 3 rings (SSSR count). The lowest BCUT2D eigenvalue weighted by Gasteiger charge is -2.14. The number of hydrogen-bond donors (Lipinski definition) is 2. The van der Waals surface area contributed by atoms with Crippen molar-refractivity contribution in [2.24, 2.45) is 0 Å². The van der Waals surface area contributed by atoms with Crippen molar-refractivity contribution in [1.29, 1.82) is 0 Å². The molecular weight excluding hydrogens is 360 g/mol. The minimum Gasteiger partial charge on any atom is -0.346 e. The van der Waals surface area contributed by atoms with Crippen molar-refractivity contribution in [1.82, 2.24) is 5.32 Å². The van der Waals surface area contributed by atoms with Crippen LogP contribution in [0.4, 0.5) is 5.69 Å². The van der Waals surface area contributed by atoms with Gasteiger partial charge in [-0.25, -0.2) is 0 Å². The minimum absolute atomic E-state index is 0.0945. The predicted octanol–water partition coefficient (Wildman–Crippen LogP) is 5.08. The molecule has 0 aromatic heterocycles. The topological polar surface area (TPSA) is 58.2 Å². The second-order valence-corrected chi connectivity index (χ2v) is 6.58. The average molecular weight is 379 g/mol. The van der Waals surface area contributed by atoms with Crippen molar-refractivity contribution >= 4 is 29.1 Å². The molecule has 0 aliphatic rings. The molecule has 2 N–H and O–H groups in total. The van der Waals surface area contributed by atoms with E-state index in [1.807, 2.05) is 37.3 Å². The van der Waals surface area contributed by atoms with Crippen LogP contribution in [-0.4, -0.2) is 11.8 Å². The number of carbonyl (C=O) groups excluding carboxylic acids is 2. The molecule has 0 radical (unpaired) electrons. The van der Waals surface area contributed by atoms with Gasteiger partial charge >= 0.3 is 0 Å². The van der Waals surface area contributed by atoms with Crippen LogP contribution in [0.2, 0.25) is 5.02 Å². The molecule has 3 aromatic carbocycles. The SMILES string of the molecule is CC(NC(=O)c1ccc(NC(=O)c2ccc(Cl)cc2)cc1)c1ccccc1. The zero-order valence-electron chi connectivity index (χ0n) is 14.8. The van der Waals surface area contributed by atoms with Gasteiger partial charge in [-0.05, 0) is 61.0 Å². The number of hydrogen-bond acceptors (Lipinski definition) is 2. The van der Waals surface area contributed by atoms with Gasteiger partial charge < -0.3 is 10.6 Å². The maximum absolute atomic E-state index is 12.4. The number of amides is 2. The molecule has 136 valence electrons. The Morgan fingerprint density at radius 1 is 0.778 bits per heavy atom. The van der Waals surface area contributed by atoms with E-state index < -0.39 is 0 Å². The van der Waals surface area contributed by atoms with Gasteiger partial charge in [0, 0.05) is 21.8 Å². The Balaban J connectivity index is 1.61. The quantitative estimate of drug-likeness (QED) is 0.650. The van der Waals surface area contributed by atoms with Gasteiger partial charge in [0.15, 0.2) is 0 Å². The number of halogens is 1. The van der Waals surface area contributed by atoms with Gasteiger partial charge in [0.1, 0.15) is 0 Å². The summed E-state index contributed by atoms with van der Waals surface area (Å²) >= 11 is 5.83. The Labute approximate surface area is 163 Å². The Morgan fingerprint density at radius 2 is 1.33 bits per heavy atom. The van der Waals surface area contributed by atoms with Crippen molar-refractivity contribution in [2.45, 2.75) is 13.0 Å². The van der Waals surface area contributed by atoms with E-state index in [4.69, 9.17) is 11.6 Å². The number of anilines is 1. The van der Waals surface area contributed by atoms with E-state index in [0.29, 0.717) is 21.8 Å². The van der Waals surface area contributed by atoms with Crippen LogP contribution >= 0.6 is 11.6 Å². The maximum atomic E-state index is 12.4. The first-order valence-corrected chi connectivity index (χ1v) is 8.93. The van der Waals surface area contributed by atoms with Gasteiger partial charge in [-0.1, -0.05) is 41.9 Å². The third kappa shape index (κ3) is 4.96. The molecule has 0 bridgehead atoms. The molecule has 0 saturated carbocycles. The van der Waals surface area contributed by atoms with Crippen molar-refractivity contribution in [2.75, 3.05) is 5.32 Å². The second-order valence-electron chi connectivity index (χ2n) is 6.14. The molecule has 5 heteroatoms. The van der Waals surface area contributed by atoms with E-state index in [2.05, 4.69) is 10.6 Å². The lowest BCUT2D eigenvalue weighted by Crippen LogP contribution is -2.26. The van der Waals surface area contributed by atoms with Crippen LogP contribution < -0.4 is 10.6 Å². The van der Waals surface area contributed by atoms with Crippen molar-refractivity contribution in [3.05, 3.63) is 101 Å². The predicted molar refractivity (Wildman–Crippen MR) is 108 cm³/mol. The summed E-state index contributed by atoms with van der Waals surface area (Å²) in [7, 11) is 0. The highest BCUT2D eigenvalue weighted by atomic mass is 35.5. The lowest BCUT2D eigenvalue weighted by molar-refractivity contribution is 0.0939. The average Bonchev–Trinajstić information content (AvgIpc) is 2.69. The zero-order valence-corrected chi connectivity index (χ0v) is 15.5. The van der Waals surface area contributed by atoms with Crippen LogP contribution in [0.1, 0.15) is 39.2 Å². The summed E-state index contributed by atoms with van der Waals surface area (Å²) in [6, 6.07) is 23.1. The molecule has 1 atom stereocenters. The van der Waals surface area contributed by atoms with Crippen LogP contribution in [0.25, 0.3) is 0 Å². The van der Waals surface area contributed by atoms with E-state index in [1.165, 1.54) is 0 Å². The fraction of sp³-hybridized carbons (Fsp3) is 0.0909. The molecule has 4 nitrogen and oxygen atoms in total. The molecule has 27 heavy (non-hydrogen) atoms. The first-order chi connectivity index (χ1) is 13.0. The third-order valence-corrected chi connectivity index (χ3v) is 4.41. The summed E-state index contributed by atoms with van der Waals surface area (Å²) in [6.07, 6.45) is 0. The van der Waals surface area contributed by atoms with Crippen LogP contribution in [0.5, 0.6) is 0 Å². The van der Waals surface area contributed by atoms with Gasteiger partial charge in [0.25, 0.3) is 11.8 Å². The zero-order chi connectivity index (χ0) is 19.2. The molecule has 0 spiro atoms. The summed E-state index contributed by atoms with van der Waals surface area (Å²) in [4.78, 5) is 24.6. The summed E-state index contributed by atoms with van der Waals surface area (Å²) in [5.41, 5.74) is 2.69. The maximum Gasteiger partial charge on any atom is 0.255 e. The third-order valence-electron chi connectivity index (χ3n) is 4.16. The summed E-state index contributed by atoms with van der Waals surface area (Å²) < 4.78 is 0. The first kappa shape index (κ1) is 18.7. The first-order valence-electron chi connectivity index (χ1n) is 8.56. The Kier molecular flexibility index (Phi) is 5.89. The van der Waals surface area contributed by atoms with E-state index in [1.54, 1.807) is 48.5 Å². The highest BCUT2D eigenvalue weighted by Crippen LogP contribution is 2.16. The van der Waals surface area contributed by atoms with Gasteiger partial charge in [-0.2, -0.15) is 0 Å². The highest BCUT2D eigenvalue weighted by Gasteiger charge is 2.12. The van der Waals surface area contributed by atoms with Crippen LogP contribution in [0.15, 0.2) is 78.9 Å². The standard InChI is InChI=1S/C22H19ClN2O2/c1-15(16-5-3-2-4-6-16)24-21(26)18-9-13-20(14-10-18)25-22(27)17-7-11-19(23)12-8-17/h2-15H,1H3,(H,24,26)(H,25,27). The molecule has 0 saturated heterocycles. The fourth-order valence-electron chi connectivity index (χ4n) is 2.61. The number of benzene rings is 3. The van der Waals surface area contributed by atoms with E-state index in [9.17, 15) is 9.59 Å². The number of carbonyl (C=O) groups is 2. The molecule has 3 aromatic rings. The molecule has 0 fully saturated rings. The normalized spacial score (nSPS) is 11.5. The Hall–Kier alpha value is -3.11. The highest BCUT2D eigenvalue weighted by molar-refractivity contribution is 6.30. The number of nitrogens with one attached hydrogen (secondary N) is 2. The van der Waals surface area contributed by atoms with Crippen LogP contribution in [0.3, 0.4) is 0 Å². The fourth-order valence-corrected chi connectivity index (χ4v) is 2.74. The summed E-state index contributed by atoms with van der Waals surface area (Å²) in [5.74, 6) is -0.400. The van der Waals surface area contributed by atoms with Crippen LogP contribution in [0, 0.1) is 0 Å². The number of rotatable bonds is 5. The molecule has 1 unspecified atom stereocenters. The largest absolute Gasteiger partial charge is 0.346 e. The van der Waals surface area contributed by atoms with Crippen molar-refractivity contribution < 1.29 is 9.59 Å². The summed E-state index contributed by atoms with van der Waals surface area (Å²) in [6.45, 7) is 1.94. The molecular formula is C22H19ClN2O2. The second kappa shape index (κ2) is 8.52. The molecule has 0 aliphatic carbocycles. The van der Waals surface area contributed by atoms with E-state index >= 15 is 0 Å². The van der Waals surface area contributed by atoms with Gasteiger partial charge in [0.05, 0.1) is 6.04 Å². The Morgan fingerprint density at radius 3 is 1.96 bits per heavy atom. The van der Waals surface area contributed by atoms with Crippen LogP contribution in [-0.2, 0) is 0 Å². The lowest BCUT2D eigenvalue weighted by atomic mass is 10.1. The minimum atomic E-state index is -0.235. The van der Waals surface area contributed by atoms with E-state index in [-0.39, 0.29) is 17.9 Å². The van der Waals surface area contributed by atoms with Gasteiger partial charge in [0.2, 0.25) is 0 Å². The molecule has 2 amide bonds. The summed E-state index contributed by atoms with van der Waals surface area (Å²) in [5, 5.41) is 6.34. The van der Waals surface area contributed by atoms with Gasteiger partial charge in [-0.15, -0.1) is 0 Å². The smallest absolute Gasteiger partial charge is 0.255 e. The Bertz CT molecular complexity index is 923. The van der Waals surface area contributed by atoms with E-state index in [0.717, 1.165) is 5.56 Å². The molecule has 0 aliphatic heterocycles. The monoisotopic (exact) mass is 378 g/mol. The molecule has 0 heterocycles. The van der Waals surface area contributed by atoms with Gasteiger partial charge in [-0.3, -0.25) is 9.59 Å².